The molecule has 2 aromatic rings. The van der Waals surface area contributed by atoms with Crippen molar-refractivity contribution in [1.82, 2.24) is 0 Å². The van der Waals surface area contributed by atoms with Gasteiger partial charge in [-0.1, -0.05) is 61.0 Å². The molecule has 0 atom stereocenters. The van der Waals surface area contributed by atoms with E-state index in [0.717, 1.165) is 12.0 Å². The van der Waals surface area contributed by atoms with E-state index in [2.05, 4.69) is 31.2 Å². The van der Waals surface area contributed by atoms with Gasteiger partial charge in [0.15, 0.2) is 5.83 Å². The van der Waals surface area contributed by atoms with Gasteiger partial charge in [0.2, 0.25) is 0 Å². The Morgan fingerprint density at radius 1 is 0.857 bits per heavy atom. The van der Waals surface area contributed by atoms with Crippen LogP contribution in [0.2, 0.25) is 0 Å². The molecule has 0 unspecified atom stereocenters. The van der Waals surface area contributed by atoms with Gasteiger partial charge in [0.1, 0.15) is 5.83 Å². The molecule has 0 aliphatic carbocycles. The summed E-state index contributed by atoms with van der Waals surface area (Å²) in [5.41, 5.74) is 3.84. The lowest BCUT2D eigenvalue weighted by Gasteiger charge is -2.05. The van der Waals surface area contributed by atoms with Crippen molar-refractivity contribution in [3.8, 4) is 0 Å². The van der Waals surface area contributed by atoms with Crippen molar-refractivity contribution in [2.45, 2.75) is 33.1 Å². The van der Waals surface area contributed by atoms with Crippen LogP contribution in [0.1, 0.15) is 42.0 Å². The Labute approximate surface area is 125 Å². The molecule has 0 heterocycles. The fraction of sp³-hybridized carbons (Fsp3) is 0.263. The molecule has 0 bridgehead atoms. The van der Waals surface area contributed by atoms with Gasteiger partial charge in [-0.2, -0.15) is 0 Å². The van der Waals surface area contributed by atoms with Gasteiger partial charge < -0.3 is 0 Å². The molecule has 0 nitrogen and oxygen atoms in total. The molecule has 0 N–H and O–H groups in total. The van der Waals surface area contributed by atoms with E-state index in [9.17, 15) is 8.78 Å². The first-order valence-electron chi connectivity index (χ1n) is 7.29. The molecule has 0 aromatic heterocycles. The van der Waals surface area contributed by atoms with Crippen molar-refractivity contribution >= 4 is 5.83 Å². The lowest BCUT2D eigenvalue weighted by atomic mass is 10.0. The summed E-state index contributed by atoms with van der Waals surface area (Å²) in [4.78, 5) is 0. The number of benzene rings is 2. The minimum absolute atomic E-state index is 0.150. The summed E-state index contributed by atoms with van der Waals surface area (Å²) in [7, 11) is 0. The second-order valence-electron chi connectivity index (χ2n) is 5.33. The number of halogens is 2. The minimum atomic E-state index is -0.737. The van der Waals surface area contributed by atoms with Crippen molar-refractivity contribution in [3.63, 3.8) is 0 Å². The number of hydrogen-bond donors (Lipinski definition) is 0. The van der Waals surface area contributed by atoms with Crippen LogP contribution in [-0.4, -0.2) is 0 Å². The van der Waals surface area contributed by atoms with E-state index in [1.54, 1.807) is 12.1 Å². The zero-order valence-corrected chi connectivity index (χ0v) is 12.5. The second kappa shape index (κ2) is 7.16. The third-order valence-electron chi connectivity index (χ3n) is 3.44. The Balaban J connectivity index is 2.12. The number of hydrogen-bond acceptors (Lipinski definition) is 0. The van der Waals surface area contributed by atoms with Gasteiger partial charge in [-0.25, -0.2) is 8.78 Å². The Morgan fingerprint density at radius 3 is 1.90 bits per heavy atom. The van der Waals surface area contributed by atoms with E-state index in [1.807, 2.05) is 19.1 Å². The maximum absolute atomic E-state index is 13.8. The minimum Gasteiger partial charge on any atom is -0.209 e. The molecule has 0 radical (unpaired) electrons. The summed E-state index contributed by atoms with van der Waals surface area (Å²) in [6.07, 6.45) is 1.55. The SMILES string of the molecule is CCC/C(F)=C(/F)c1ccc(Cc2ccc(C)cc2)cc1. The normalized spacial score (nSPS) is 12.2. The number of aryl methyl sites for hydroxylation is 1. The highest BCUT2D eigenvalue weighted by molar-refractivity contribution is 5.61. The fourth-order valence-electron chi connectivity index (χ4n) is 2.20. The van der Waals surface area contributed by atoms with Crippen molar-refractivity contribution in [3.05, 3.63) is 76.6 Å². The molecule has 110 valence electrons. The van der Waals surface area contributed by atoms with E-state index in [0.29, 0.717) is 12.0 Å². The molecule has 0 fully saturated rings. The monoisotopic (exact) mass is 286 g/mol. The zero-order valence-electron chi connectivity index (χ0n) is 12.5. The Hall–Kier alpha value is -1.96. The fourth-order valence-corrected chi connectivity index (χ4v) is 2.20. The molecule has 2 heteroatoms. The maximum atomic E-state index is 13.8. The first-order chi connectivity index (χ1) is 10.1. The number of rotatable bonds is 5. The summed E-state index contributed by atoms with van der Waals surface area (Å²) in [5, 5.41) is 0. The lowest BCUT2D eigenvalue weighted by molar-refractivity contribution is 0.559. The standard InChI is InChI=1S/C19H20F2/c1-3-4-18(20)19(21)17-11-9-16(10-12-17)13-15-7-5-14(2)6-8-15/h5-12H,3-4,13H2,1-2H3/b19-18-. The predicted octanol–water partition coefficient (Wildman–Crippen LogP) is 5.99. The van der Waals surface area contributed by atoms with Crippen LogP contribution in [0.5, 0.6) is 0 Å². The molecule has 2 aromatic carbocycles. The Bertz CT molecular complexity index is 607. The van der Waals surface area contributed by atoms with Crippen LogP contribution in [-0.2, 0) is 6.42 Å². The average Bonchev–Trinajstić information content (AvgIpc) is 2.50. The van der Waals surface area contributed by atoms with Crippen LogP contribution in [0.4, 0.5) is 8.78 Å². The average molecular weight is 286 g/mol. The molecule has 2 rings (SSSR count). The van der Waals surface area contributed by atoms with Crippen molar-refractivity contribution in [2.24, 2.45) is 0 Å². The van der Waals surface area contributed by atoms with E-state index in [4.69, 9.17) is 0 Å². The summed E-state index contributed by atoms with van der Waals surface area (Å²) >= 11 is 0. The van der Waals surface area contributed by atoms with Crippen molar-refractivity contribution in [2.75, 3.05) is 0 Å². The summed E-state index contributed by atoms with van der Waals surface area (Å²) in [6, 6.07) is 15.3. The van der Waals surface area contributed by atoms with Gasteiger partial charge in [0, 0.05) is 12.0 Å². The molecule has 21 heavy (non-hydrogen) atoms. The molecular weight excluding hydrogens is 266 g/mol. The van der Waals surface area contributed by atoms with Gasteiger partial charge in [-0.05, 0) is 30.9 Å². The van der Waals surface area contributed by atoms with E-state index < -0.39 is 11.7 Å². The summed E-state index contributed by atoms with van der Waals surface area (Å²) in [6.45, 7) is 3.88. The molecule has 0 aliphatic heterocycles. The topological polar surface area (TPSA) is 0 Å². The summed E-state index contributed by atoms with van der Waals surface area (Å²) in [5.74, 6) is -1.40. The van der Waals surface area contributed by atoms with Gasteiger partial charge in [-0.15, -0.1) is 0 Å². The molecule has 0 amide bonds. The van der Waals surface area contributed by atoms with Crippen LogP contribution in [0.3, 0.4) is 0 Å². The quantitative estimate of drug-likeness (QED) is 0.633. The van der Waals surface area contributed by atoms with Gasteiger partial charge in [-0.3, -0.25) is 0 Å². The maximum Gasteiger partial charge on any atom is 0.161 e. The van der Waals surface area contributed by atoms with Crippen molar-refractivity contribution in [1.29, 1.82) is 0 Å². The van der Waals surface area contributed by atoms with Crippen LogP contribution in [0.15, 0.2) is 54.4 Å². The molecule has 0 saturated heterocycles. The highest BCUT2D eigenvalue weighted by Crippen LogP contribution is 2.25. The van der Waals surface area contributed by atoms with Crippen LogP contribution in [0, 0.1) is 6.92 Å². The third-order valence-corrected chi connectivity index (χ3v) is 3.44. The molecule has 0 spiro atoms. The van der Waals surface area contributed by atoms with Gasteiger partial charge in [0.25, 0.3) is 0 Å². The Kier molecular flexibility index (Phi) is 5.26. The van der Waals surface area contributed by atoms with Crippen molar-refractivity contribution < 1.29 is 8.78 Å². The van der Waals surface area contributed by atoms with E-state index in [-0.39, 0.29) is 6.42 Å². The first-order valence-corrected chi connectivity index (χ1v) is 7.29. The zero-order chi connectivity index (χ0) is 15.2. The summed E-state index contributed by atoms with van der Waals surface area (Å²) < 4.78 is 27.3. The predicted molar refractivity (Wildman–Crippen MR) is 84.5 cm³/mol. The van der Waals surface area contributed by atoms with E-state index >= 15 is 0 Å². The molecule has 0 aliphatic rings. The van der Waals surface area contributed by atoms with Crippen LogP contribution < -0.4 is 0 Å². The van der Waals surface area contributed by atoms with Crippen LogP contribution >= 0.6 is 0 Å². The first kappa shape index (κ1) is 15.4. The van der Waals surface area contributed by atoms with Gasteiger partial charge in [0.05, 0.1) is 0 Å². The second-order valence-corrected chi connectivity index (χ2v) is 5.33. The highest BCUT2D eigenvalue weighted by Gasteiger charge is 2.08. The smallest absolute Gasteiger partial charge is 0.161 e. The Morgan fingerprint density at radius 2 is 1.38 bits per heavy atom. The largest absolute Gasteiger partial charge is 0.209 e. The van der Waals surface area contributed by atoms with E-state index in [1.165, 1.54) is 11.1 Å². The number of allylic oxidation sites excluding steroid dienone is 1. The van der Waals surface area contributed by atoms with Crippen LogP contribution in [0.25, 0.3) is 5.83 Å². The third kappa shape index (κ3) is 4.25. The van der Waals surface area contributed by atoms with Gasteiger partial charge >= 0.3 is 0 Å². The lowest BCUT2D eigenvalue weighted by Crippen LogP contribution is -1.90. The highest BCUT2D eigenvalue weighted by atomic mass is 19.2. The molecular formula is C19H20F2. The molecule has 0 saturated carbocycles.